The Labute approximate surface area is 164 Å². The fraction of sp³-hybridized carbons (Fsp3) is 0.348. The second kappa shape index (κ2) is 8.83. The molecule has 0 heterocycles. The predicted octanol–water partition coefficient (Wildman–Crippen LogP) is 3.85. The van der Waals surface area contributed by atoms with Gasteiger partial charge in [0.05, 0.1) is 0 Å². The molecule has 0 spiro atoms. The maximum absolute atomic E-state index is 13.0. The molecule has 0 saturated heterocycles. The summed E-state index contributed by atoms with van der Waals surface area (Å²) in [5, 5.41) is 0. The SMILES string of the molecule is CC(C(=O)OCc1ccccc1)(C(=O)OCc1ccccc1)[C@@H]1CCC(=O)C1. The van der Waals surface area contributed by atoms with Gasteiger partial charge in [0.15, 0.2) is 5.41 Å². The van der Waals surface area contributed by atoms with E-state index in [1.165, 1.54) is 6.92 Å². The molecule has 1 aliphatic carbocycles. The van der Waals surface area contributed by atoms with Crippen LogP contribution in [-0.4, -0.2) is 17.7 Å². The van der Waals surface area contributed by atoms with Crippen LogP contribution in [0.3, 0.4) is 0 Å². The lowest BCUT2D eigenvalue weighted by Gasteiger charge is -2.30. The highest BCUT2D eigenvalue weighted by Gasteiger charge is 2.52. The van der Waals surface area contributed by atoms with Crippen LogP contribution in [0.1, 0.15) is 37.3 Å². The number of ether oxygens (including phenoxy) is 2. The minimum atomic E-state index is -1.50. The van der Waals surface area contributed by atoms with E-state index in [4.69, 9.17) is 9.47 Å². The Kier molecular flexibility index (Phi) is 6.24. The van der Waals surface area contributed by atoms with Crippen molar-refractivity contribution in [3.8, 4) is 0 Å². The van der Waals surface area contributed by atoms with E-state index in [1.54, 1.807) is 0 Å². The summed E-state index contributed by atoms with van der Waals surface area (Å²) in [6, 6.07) is 18.5. The van der Waals surface area contributed by atoms with Crippen molar-refractivity contribution in [3.63, 3.8) is 0 Å². The number of carbonyl (C=O) groups excluding carboxylic acids is 3. The summed E-state index contributed by atoms with van der Waals surface area (Å²) in [4.78, 5) is 37.7. The molecule has 0 bridgehead atoms. The van der Waals surface area contributed by atoms with Gasteiger partial charge < -0.3 is 9.47 Å². The van der Waals surface area contributed by atoms with Crippen LogP contribution in [0.2, 0.25) is 0 Å². The summed E-state index contributed by atoms with van der Waals surface area (Å²) in [7, 11) is 0. The lowest BCUT2D eigenvalue weighted by molar-refractivity contribution is -0.177. The molecule has 0 aliphatic heterocycles. The highest BCUT2D eigenvalue weighted by atomic mass is 16.6. The van der Waals surface area contributed by atoms with Crippen molar-refractivity contribution in [1.82, 2.24) is 0 Å². The molecule has 5 heteroatoms. The first-order valence-electron chi connectivity index (χ1n) is 9.44. The topological polar surface area (TPSA) is 69.7 Å². The van der Waals surface area contributed by atoms with Gasteiger partial charge in [0.2, 0.25) is 0 Å². The molecule has 1 aliphatic rings. The smallest absolute Gasteiger partial charge is 0.323 e. The minimum Gasteiger partial charge on any atom is -0.460 e. The molecule has 0 unspecified atom stereocenters. The third-order valence-corrected chi connectivity index (χ3v) is 5.34. The van der Waals surface area contributed by atoms with E-state index < -0.39 is 23.3 Å². The highest BCUT2D eigenvalue weighted by Crippen LogP contribution is 2.41. The van der Waals surface area contributed by atoms with Crippen LogP contribution in [-0.2, 0) is 37.1 Å². The zero-order valence-electron chi connectivity index (χ0n) is 15.9. The van der Waals surface area contributed by atoms with Gasteiger partial charge >= 0.3 is 11.9 Å². The summed E-state index contributed by atoms with van der Waals surface area (Å²) in [5.74, 6) is -1.64. The number of rotatable bonds is 7. The molecular weight excluding hydrogens is 356 g/mol. The van der Waals surface area contributed by atoms with E-state index in [2.05, 4.69) is 0 Å². The van der Waals surface area contributed by atoms with Crippen molar-refractivity contribution < 1.29 is 23.9 Å². The third-order valence-electron chi connectivity index (χ3n) is 5.34. The summed E-state index contributed by atoms with van der Waals surface area (Å²) < 4.78 is 10.9. The van der Waals surface area contributed by atoms with Crippen LogP contribution in [0.25, 0.3) is 0 Å². The second-order valence-corrected chi connectivity index (χ2v) is 7.30. The maximum atomic E-state index is 13.0. The molecule has 28 heavy (non-hydrogen) atoms. The van der Waals surface area contributed by atoms with E-state index in [1.807, 2.05) is 60.7 Å². The Hall–Kier alpha value is -2.95. The number of hydrogen-bond donors (Lipinski definition) is 0. The second-order valence-electron chi connectivity index (χ2n) is 7.30. The van der Waals surface area contributed by atoms with E-state index >= 15 is 0 Å². The summed E-state index contributed by atoms with van der Waals surface area (Å²) in [6.07, 6.45) is 1.05. The lowest BCUT2D eigenvalue weighted by Crippen LogP contribution is -2.44. The number of hydrogen-bond acceptors (Lipinski definition) is 5. The maximum Gasteiger partial charge on any atom is 0.323 e. The first kappa shape index (κ1) is 19.8. The van der Waals surface area contributed by atoms with Crippen molar-refractivity contribution in [2.75, 3.05) is 0 Å². The summed E-state index contributed by atoms with van der Waals surface area (Å²) >= 11 is 0. The number of benzene rings is 2. The first-order chi connectivity index (χ1) is 13.5. The van der Waals surface area contributed by atoms with Crippen molar-refractivity contribution in [1.29, 1.82) is 0 Å². The van der Waals surface area contributed by atoms with E-state index in [0.717, 1.165) is 11.1 Å². The van der Waals surface area contributed by atoms with Gasteiger partial charge in [-0.15, -0.1) is 0 Å². The van der Waals surface area contributed by atoms with Crippen LogP contribution in [0.4, 0.5) is 0 Å². The Morgan fingerprint density at radius 1 is 0.893 bits per heavy atom. The highest BCUT2D eigenvalue weighted by molar-refractivity contribution is 6.01. The van der Waals surface area contributed by atoms with E-state index in [9.17, 15) is 14.4 Å². The summed E-state index contributed by atoms with van der Waals surface area (Å²) in [6.45, 7) is 1.68. The van der Waals surface area contributed by atoms with E-state index in [-0.39, 0.29) is 25.4 Å². The minimum absolute atomic E-state index is 0.0583. The molecule has 2 aromatic rings. The van der Waals surface area contributed by atoms with Crippen LogP contribution in [0.15, 0.2) is 60.7 Å². The monoisotopic (exact) mass is 380 g/mol. The first-order valence-corrected chi connectivity index (χ1v) is 9.44. The number of Topliss-reactive ketones (excluding diaryl/α,β-unsaturated/α-hetero) is 1. The van der Waals surface area contributed by atoms with Crippen molar-refractivity contribution in [3.05, 3.63) is 71.8 Å². The van der Waals surface area contributed by atoms with Gasteiger partial charge in [0, 0.05) is 12.8 Å². The summed E-state index contributed by atoms with van der Waals surface area (Å²) in [5.41, 5.74) is 0.159. The fourth-order valence-electron chi connectivity index (χ4n) is 3.47. The molecule has 0 radical (unpaired) electrons. The predicted molar refractivity (Wildman–Crippen MR) is 103 cm³/mol. The quantitative estimate of drug-likeness (QED) is 0.539. The standard InChI is InChI=1S/C23H24O5/c1-23(19-12-13-20(24)14-19,21(25)27-15-17-8-4-2-5-9-17)22(26)28-16-18-10-6-3-7-11-18/h2-11,19H,12-16H2,1H3/t19-/m1/s1. The van der Waals surface area contributed by atoms with Gasteiger partial charge in [-0.2, -0.15) is 0 Å². The van der Waals surface area contributed by atoms with Crippen LogP contribution in [0, 0.1) is 11.3 Å². The Morgan fingerprint density at radius 2 is 1.36 bits per heavy atom. The van der Waals surface area contributed by atoms with Gasteiger partial charge in [0.1, 0.15) is 19.0 Å². The Morgan fingerprint density at radius 3 is 1.75 bits per heavy atom. The van der Waals surface area contributed by atoms with Crippen LogP contribution in [0.5, 0.6) is 0 Å². The molecule has 146 valence electrons. The molecule has 1 atom stereocenters. The molecule has 1 fully saturated rings. The number of ketones is 1. The van der Waals surface area contributed by atoms with E-state index in [0.29, 0.717) is 12.8 Å². The zero-order valence-corrected chi connectivity index (χ0v) is 15.9. The Balaban J connectivity index is 1.73. The van der Waals surface area contributed by atoms with Crippen LogP contribution >= 0.6 is 0 Å². The van der Waals surface area contributed by atoms with Gasteiger partial charge in [-0.3, -0.25) is 14.4 Å². The van der Waals surface area contributed by atoms with Gasteiger partial charge in [0.25, 0.3) is 0 Å². The fourth-order valence-corrected chi connectivity index (χ4v) is 3.47. The molecule has 2 aromatic carbocycles. The lowest BCUT2D eigenvalue weighted by atomic mass is 9.76. The largest absolute Gasteiger partial charge is 0.460 e. The molecule has 0 N–H and O–H groups in total. The molecule has 3 rings (SSSR count). The molecule has 0 aromatic heterocycles. The number of esters is 2. The van der Waals surface area contributed by atoms with Gasteiger partial charge in [-0.1, -0.05) is 60.7 Å². The van der Waals surface area contributed by atoms with Gasteiger partial charge in [-0.25, -0.2) is 0 Å². The average Bonchev–Trinajstić information content (AvgIpc) is 3.17. The normalized spacial score (nSPS) is 16.6. The Bertz CT molecular complexity index is 773. The molecular formula is C23H24O5. The van der Waals surface area contributed by atoms with Crippen LogP contribution < -0.4 is 0 Å². The molecule has 1 saturated carbocycles. The van der Waals surface area contributed by atoms with Gasteiger partial charge in [-0.05, 0) is 30.4 Å². The third kappa shape index (κ3) is 4.47. The van der Waals surface area contributed by atoms with Crippen molar-refractivity contribution in [2.45, 2.75) is 39.4 Å². The molecule has 0 amide bonds. The van der Waals surface area contributed by atoms with Crippen molar-refractivity contribution >= 4 is 17.7 Å². The average molecular weight is 380 g/mol. The zero-order chi connectivity index (χ0) is 20.0. The number of carbonyl (C=O) groups is 3. The van der Waals surface area contributed by atoms with Crippen molar-refractivity contribution in [2.24, 2.45) is 11.3 Å². The molecule has 5 nitrogen and oxygen atoms in total.